The number of ether oxygens (including phenoxy) is 1. The van der Waals surface area contributed by atoms with Crippen LogP contribution in [-0.4, -0.2) is 50.4 Å². The van der Waals surface area contributed by atoms with Crippen molar-refractivity contribution in [2.45, 2.75) is 64.6 Å². The highest BCUT2D eigenvalue weighted by molar-refractivity contribution is 7.92. The molecule has 40 heavy (non-hydrogen) atoms. The van der Waals surface area contributed by atoms with Crippen molar-refractivity contribution < 1.29 is 22.7 Å². The minimum absolute atomic E-state index is 0.0759. The molecule has 0 fully saturated rings. The molecular weight excluding hydrogens is 526 g/mol. The molecule has 1 atom stereocenters. The van der Waals surface area contributed by atoms with Crippen LogP contribution < -0.4 is 14.4 Å². The lowest BCUT2D eigenvalue weighted by Gasteiger charge is -2.34. The molecule has 0 aromatic heterocycles. The van der Waals surface area contributed by atoms with E-state index in [0.29, 0.717) is 17.0 Å². The number of rotatable bonds is 10. The second-order valence-corrected chi connectivity index (χ2v) is 12.8. The van der Waals surface area contributed by atoms with E-state index in [0.717, 1.165) is 15.4 Å². The van der Waals surface area contributed by atoms with E-state index in [9.17, 15) is 18.0 Å². The number of para-hydroxylation sites is 1. The summed E-state index contributed by atoms with van der Waals surface area (Å²) in [6, 6.07) is 19.9. The number of amides is 2. The molecule has 0 unspecified atom stereocenters. The Morgan fingerprint density at radius 2 is 1.60 bits per heavy atom. The predicted molar refractivity (Wildman–Crippen MR) is 158 cm³/mol. The normalized spacial score (nSPS) is 12.4. The van der Waals surface area contributed by atoms with Gasteiger partial charge in [-0.1, -0.05) is 48.0 Å². The summed E-state index contributed by atoms with van der Waals surface area (Å²) in [7, 11) is -2.56. The van der Waals surface area contributed by atoms with Gasteiger partial charge in [-0.3, -0.25) is 13.9 Å². The van der Waals surface area contributed by atoms with Crippen LogP contribution in [0.25, 0.3) is 0 Å². The van der Waals surface area contributed by atoms with Gasteiger partial charge in [-0.25, -0.2) is 8.42 Å². The van der Waals surface area contributed by atoms with Crippen molar-refractivity contribution in [3.8, 4) is 5.75 Å². The van der Waals surface area contributed by atoms with Gasteiger partial charge in [0.05, 0.1) is 17.7 Å². The van der Waals surface area contributed by atoms with E-state index >= 15 is 0 Å². The molecule has 2 amide bonds. The predicted octanol–water partition coefficient (Wildman–Crippen LogP) is 4.84. The van der Waals surface area contributed by atoms with Gasteiger partial charge in [-0.2, -0.15) is 0 Å². The highest BCUT2D eigenvalue weighted by atomic mass is 32.2. The number of nitrogens with one attached hydrogen (secondary N) is 1. The van der Waals surface area contributed by atoms with Gasteiger partial charge in [0.15, 0.2) is 0 Å². The lowest BCUT2D eigenvalue weighted by Crippen LogP contribution is -2.54. The lowest BCUT2D eigenvalue weighted by atomic mass is 10.1. The van der Waals surface area contributed by atoms with Crippen molar-refractivity contribution in [1.82, 2.24) is 10.2 Å². The van der Waals surface area contributed by atoms with E-state index in [2.05, 4.69) is 5.32 Å². The van der Waals surface area contributed by atoms with Crippen LogP contribution >= 0.6 is 0 Å². The fraction of sp³-hybridized carbons (Fsp3) is 0.355. The summed E-state index contributed by atoms with van der Waals surface area (Å²) >= 11 is 0. The quantitative estimate of drug-likeness (QED) is 0.380. The molecule has 3 aromatic rings. The molecule has 3 aromatic carbocycles. The average Bonchev–Trinajstić information content (AvgIpc) is 2.89. The minimum Gasteiger partial charge on any atom is -0.497 e. The number of anilines is 1. The number of sulfonamides is 1. The Balaban J connectivity index is 2.06. The molecule has 3 rings (SSSR count). The zero-order valence-electron chi connectivity index (χ0n) is 24.3. The fourth-order valence-corrected chi connectivity index (χ4v) is 5.70. The molecule has 0 heterocycles. The Labute approximate surface area is 238 Å². The maximum absolute atomic E-state index is 14.0. The Kier molecular flexibility index (Phi) is 9.63. The first kappa shape index (κ1) is 30.7. The first-order valence-corrected chi connectivity index (χ1v) is 14.6. The summed E-state index contributed by atoms with van der Waals surface area (Å²) in [5, 5.41) is 2.93. The first-order valence-electron chi connectivity index (χ1n) is 13.1. The second-order valence-electron chi connectivity index (χ2n) is 10.9. The average molecular weight is 566 g/mol. The van der Waals surface area contributed by atoms with Crippen LogP contribution in [0.15, 0.2) is 77.7 Å². The standard InChI is InChI=1S/C31H39N3O5S/c1-22-15-17-27(18-16-22)40(37,38)34(28-14-9-8-11-23(28)2)21-29(35)33(24(3)30(36)32-31(4,5)6)20-25-12-10-13-26(19-25)39-7/h8-19,24H,20-21H2,1-7H3,(H,32,36)/t24-/m0/s1. The zero-order chi connectivity index (χ0) is 29.7. The number of carbonyl (C=O) groups is 2. The molecule has 0 saturated carbocycles. The first-order chi connectivity index (χ1) is 18.7. The number of hydrogen-bond donors (Lipinski definition) is 1. The lowest BCUT2D eigenvalue weighted by molar-refractivity contribution is -0.140. The molecule has 0 aliphatic rings. The molecule has 214 valence electrons. The molecular formula is C31H39N3O5S. The third-order valence-electron chi connectivity index (χ3n) is 6.42. The maximum atomic E-state index is 14.0. The van der Waals surface area contributed by atoms with Crippen LogP contribution in [0.3, 0.4) is 0 Å². The third-order valence-corrected chi connectivity index (χ3v) is 8.20. The second kappa shape index (κ2) is 12.6. The summed E-state index contributed by atoms with van der Waals surface area (Å²) in [5.74, 6) is -0.244. The Morgan fingerprint density at radius 1 is 0.950 bits per heavy atom. The van der Waals surface area contributed by atoms with Gasteiger partial charge in [0.25, 0.3) is 10.0 Å². The number of methoxy groups -OCH3 is 1. The van der Waals surface area contributed by atoms with Crippen LogP contribution in [-0.2, 0) is 26.2 Å². The zero-order valence-corrected chi connectivity index (χ0v) is 25.1. The summed E-state index contributed by atoms with van der Waals surface area (Å²) in [6.45, 7) is 10.5. The maximum Gasteiger partial charge on any atom is 0.264 e. The fourth-order valence-electron chi connectivity index (χ4n) is 4.22. The largest absolute Gasteiger partial charge is 0.497 e. The molecule has 0 radical (unpaired) electrons. The summed E-state index contributed by atoms with van der Waals surface area (Å²) in [5.41, 5.74) is 2.24. The Bertz CT molecular complexity index is 1450. The SMILES string of the molecule is COc1cccc(CN(C(=O)CN(c2ccccc2C)S(=O)(=O)c2ccc(C)cc2)[C@@H](C)C(=O)NC(C)(C)C)c1. The smallest absolute Gasteiger partial charge is 0.264 e. The minimum atomic E-state index is -4.11. The van der Waals surface area contributed by atoms with Crippen molar-refractivity contribution in [3.05, 3.63) is 89.5 Å². The van der Waals surface area contributed by atoms with Gasteiger partial charge >= 0.3 is 0 Å². The Morgan fingerprint density at radius 3 is 2.20 bits per heavy atom. The van der Waals surface area contributed by atoms with Gasteiger partial charge in [-0.05, 0) is 83.0 Å². The number of hydrogen-bond acceptors (Lipinski definition) is 5. The number of benzene rings is 3. The van der Waals surface area contributed by atoms with Crippen molar-refractivity contribution >= 4 is 27.5 Å². The number of aryl methyl sites for hydroxylation is 2. The van der Waals surface area contributed by atoms with E-state index in [1.54, 1.807) is 69.5 Å². The highest BCUT2D eigenvalue weighted by Crippen LogP contribution is 2.28. The molecule has 1 N–H and O–H groups in total. The van der Waals surface area contributed by atoms with E-state index in [4.69, 9.17) is 4.74 Å². The van der Waals surface area contributed by atoms with E-state index in [-0.39, 0.29) is 17.3 Å². The van der Waals surface area contributed by atoms with Crippen molar-refractivity contribution in [3.63, 3.8) is 0 Å². The highest BCUT2D eigenvalue weighted by Gasteiger charge is 2.33. The topological polar surface area (TPSA) is 96.0 Å². The van der Waals surface area contributed by atoms with Gasteiger partial charge in [-0.15, -0.1) is 0 Å². The van der Waals surface area contributed by atoms with Crippen LogP contribution in [0.1, 0.15) is 44.4 Å². The summed E-state index contributed by atoms with van der Waals surface area (Å²) in [6.07, 6.45) is 0. The molecule has 0 bridgehead atoms. The molecule has 0 spiro atoms. The molecule has 8 nitrogen and oxygen atoms in total. The van der Waals surface area contributed by atoms with Gasteiger partial charge in [0.2, 0.25) is 11.8 Å². The third kappa shape index (κ3) is 7.63. The van der Waals surface area contributed by atoms with Crippen molar-refractivity contribution in [1.29, 1.82) is 0 Å². The van der Waals surface area contributed by atoms with Crippen LogP contribution in [0.4, 0.5) is 5.69 Å². The summed E-state index contributed by atoms with van der Waals surface area (Å²) < 4.78 is 34.4. The summed E-state index contributed by atoms with van der Waals surface area (Å²) in [4.78, 5) is 28.8. The van der Waals surface area contributed by atoms with Crippen LogP contribution in [0, 0.1) is 13.8 Å². The molecule has 9 heteroatoms. The van der Waals surface area contributed by atoms with Gasteiger partial charge < -0.3 is 15.0 Å². The van der Waals surface area contributed by atoms with Gasteiger partial charge in [0.1, 0.15) is 18.3 Å². The molecule has 0 saturated heterocycles. The Hall–Kier alpha value is -3.85. The van der Waals surface area contributed by atoms with E-state index in [1.807, 2.05) is 39.8 Å². The number of carbonyl (C=O) groups excluding carboxylic acids is 2. The van der Waals surface area contributed by atoms with Gasteiger partial charge in [0, 0.05) is 12.1 Å². The molecule has 0 aliphatic heterocycles. The van der Waals surface area contributed by atoms with Crippen molar-refractivity contribution in [2.75, 3.05) is 18.0 Å². The van der Waals surface area contributed by atoms with E-state index < -0.39 is 34.1 Å². The van der Waals surface area contributed by atoms with E-state index in [1.165, 1.54) is 17.0 Å². The van der Waals surface area contributed by atoms with Crippen molar-refractivity contribution in [2.24, 2.45) is 0 Å². The van der Waals surface area contributed by atoms with Crippen LogP contribution in [0.2, 0.25) is 0 Å². The molecule has 0 aliphatic carbocycles. The monoisotopic (exact) mass is 565 g/mol. The van der Waals surface area contributed by atoms with Crippen LogP contribution in [0.5, 0.6) is 5.75 Å². The number of nitrogens with zero attached hydrogens (tertiary/aromatic N) is 2.